The van der Waals surface area contributed by atoms with Crippen LogP contribution in [0, 0.1) is 0 Å². The molecule has 0 saturated carbocycles. The quantitative estimate of drug-likeness (QED) is 0.746. The lowest BCUT2D eigenvalue weighted by atomic mass is 9.95. The van der Waals surface area contributed by atoms with Gasteiger partial charge in [0.2, 0.25) is 15.9 Å². The van der Waals surface area contributed by atoms with Crippen LogP contribution in [-0.4, -0.2) is 73.4 Å². The van der Waals surface area contributed by atoms with Gasteiger partial charge in [0.15, 0.2) is 0 Å². The van der Waals surface area contributed by atoms with E-state index in [9.17, 15) is 18.0 Å². The minimum atomic E-state index is -3.20. The fourth-order valence-corrected chi connectivity index (χ4v) is 4.86. The van der Waals surface area contributed by atoms with Crippen LogP contribution in [-0.2, 0) is 14.8 Å². The van der Waals surface area contributed by atoms with Crippen molar-refractivity contribution >= 4 is 21.8 Å². The largest absolute Gasteiger partial charge is 0.351 e. The molecule has 3 rings (SSSR count). The molecule has 0 radical (unpaired) electrons. The predicted octanol–water partition coefficient (Wildman–Crippen LogP) is 1.35. The Balaban J connectivity index is 1.49. The molecule has 0 spiro atoms. The van der Waals surface area contributed by atoms with Gasteiger partial charge in [0.25, 0.3) is 5.91 Å². The Morgan fingerprint density at radius 3 is 2.55 bits per heavy atom. The summed E-state index contributed by atoms with van der Waals surface area (Å²) < 4.78 is 25.1. The molecule has 3 heterocycles. The van der Waals surface area contributed by atoms with Crippen LogP contribution < -0.4 is 5.32 Å². The van der Waals surface area contributed by atoms with Crippen molar-refractivity contribution in [2.45, 2.75) is 44.4 Å². The third-order valence-electron chi connectivity index (χ3n) is 5.65. The van der Waals surface area contributed by atoms with E-state index in [-0.39, 0.29) is 17.7 Å². The molecule has 0 aliphatic carbocycles. The SMILES string of the molecule is CS(=O)(=O)N1CCC[C@H](c2ccc(C(=O)NCCC(=O)N3CCCCC3)cn2)C1. The van der Waals surface area contributed by atoms with Crippen molar-refractivity contribution < 1.29 is 18.0 Å². The van der Waals surface area contributed by atoms with E-state index in [1.165, 1.54) is 23.2 Å². The van der Waals surface area contributed by atoms with Crippen molar-refractivity contribution in [2.75, 3.05) is 39.0 Å². The molecule has 8 nitrogen and oxygen atoms in total. The Hall–Kier alpha value is -2.00. The first-order valence-corrected chi connectivity index (χ1v) is 12.2. The number of likely N-dealkylation sites (tertiary alicyclic amines) is 1. The molecule has 1 atom stereocenters. The lowest BCUT2D eigenvalue weighted by Crippen LogP contribution is -2.38. The van der Waals surface area contributed by atoms with Crippen LogP contribution in [0.2, 0.25) is 0 Å². The second kappa shape index (κ2) is 9.67. The lowest BCUT2D eigenvalue weighted by Gasteiger charge is -2.30. The first-order valence-electron chi connectivity index (χ1n) is 10.3. The summed E-state index contributed by atoms with van der Waals surface area (Å²) in [5.41, 5.74) is 1.24. The van der Waals surface area contributed by atoms with Gasteiger partial charge in [-0.1, -0.05) is 0 Å². The van der Waals surface area contributed by atoms with Crippen LogP contribution in [0.15, 0.2) is 18.3 Å². The van der Waals surface area contributed by atoms with Crippen LogP contribution in [0.5, 0.6) is 0 Å². The van der Waals surface area contributed by atoms with Gasteiger partial charge in [-0.3, -0.25) is 14.6 Å². The third-order valence-corrected chi connectivity index (χ3v) is 6.92. The predicted molar refractivity (Wildman–Crippen MR) is 110 cm³/mol. The van der Waals surface area contributed by atoms with Crippen molar-refractivity contribution in [1.82, 2.24) is 19.5 Å². The normalized spacial score (nSPS) is 21.0. The van der Waals surface area contributed by atoms with Crippen LogP contribution in [0.1, 0.15) is 60.5 Å². The van der Waals surface area contributed by atoms with E-state index >= 15 is 0 Å². The van der Waals surface area contributed by atoms with Gasteiger partial charge >= 0.3 is 0 Å². The summed E-state index contributed by atoms with van der Waals surface area (Å²) in [6, 6.07) is 3.51. The molecule has 0 aromatic carbocycles. The zero-order valence-electron chi connectivity index (χ0n) is 17.0. The van der Waals surface area contributed by atoms with E-state index < -0.39 is 10.0 Å². The minimum absolute atomic E-state index is 0.0396. The zero-order valence-corrected chi connectivity index (χ0v) is 17.8. The number of sulfonamides is 1. The molecule has 2 fully saturated rings. The second-order valence-corrected chi connectivity index (χ2v) is 9.86. The summed E-state index contributed by atoms with van der Waals surface area (Å²) in [5, 5.41) is 2.78. The molecule has 1 aromatic heterocycles. The van der Waals surface area contributed by atoms with Crippen LogP contribution in [0.4, 0.5) is 0 Å². The molecule has 2 saturated heterocycles. The number of hydrogen-bond donors (Lipinski definition) is 1. The summed E-state index contributed by atoms with van der Waals surface area (Å²) >= 11 is 0. The average molecular weight is 423 g/mol. The maximum Gasteiger partial charge on any atom is 0.252 e. The van der Waals surface area contributed by atoms with E-state index in [1.54, 1.807) is 12.1 Å². The van der Waals surface area contributed by atoms with E-state index in [2.05, 4.69) is 10.3 Å². The summed E-state index contributed by atoms with van der Waals surface area (Å²) in [6.45, 7) is 2.91. The fraction of sp³-hybridized carbons (Fsp3) is 0.650. The monoisotopic (exact) mass is 422 g/mol. The van der Waals surface area contributed by atoms with Gasteiger partial charge in [-0.05, 0) is 44.2 Å². The molecule has 0 bridgehead atoms. The molecule has 9 heteroatoms. The van der Waals surface area contributed by atoms with Crippen molar-refractivity contribution in [3.8, 4) is 0 Å². The topological polar surface area (TPSA) is 99.7 Å². The molecule has 1 N–H and O–H groups in total. The number of carbonyl (C=O) groups is 2. The molecule has 2 aliphatic rings. The number of piperidine rings is 2. The summed E-state index contributed by atoms with van der Waals surface area (Å²) in [5.74, 6) is -0.124. The Morgan fingerprint density at radius 1 is 1.14 bits per heavy atom. The van der Waals surface area contributed by atoms with Gasteiger partial charge in [-0.25, -0.2) is 12.7 Å². The van der Waals surface area contributed by atoms with Crippen molar-refractivity contribution in [3.63, 3.8) is 0 Å². The number of pyridine rings is 1. The Kier molecular flexibility index (Phi) is 7.23. The average Bonchev–Trinajstić information content (AvgIpc) is 2.74. The molecule has 29 heavy (non-hydrogen) atoms. The molecule has 0 unspecified atom stereocenters. The molecule has 160 valence electrons. The van der Waals surface area contributed by atoms with Crippen LogP contribution in [0.3, 0.4) is 0 Å². The van der Waals surface area contributed by atoms with Crippen molar-refractivity contribution in [1.29, 1.82) is 0 Å². The molecular formula is C20H30N4O4S. The van der Waals surface area contributed by atoms with Gasteiger partial charge in [0, 0.05) is 57.0 Å². The highest BCUT2D eigenvalue weighted by Crippen LogP contribution is 2.26. The van der Waals surface area contributed by atoms with Crippen LogP contribution in [0.25, 0.3) is 0 Å². The zero-order chi connectivity index (χ0) is 20.9. The van der Waals surface area contributed by atoms with Gasteiger partial charge in [-0.15, -0.1) is 0 Å². The number of nitrogens with one attached hydrogen (secondary N) is 1. The summed E-state index contributed by atoms with van der Waals surface area (Å²) in [4.78, 5) is 30.7. The maximum atomic E-state index is 12.3. The maximum absolute atomic E-state index is 12.3. The third kappa shape index (κ3) is 5.99. The van der Waals surface area contributed by atoms with Gasteiger partial charge in [0.1, 0.15) is 0 Å². The number of hydrogen-bond acceptors (Lipinski definition) is 5. The van der Waals surface area contributed by atoms with Gasteiger partial charge in [-0.2, -0.15) is 0 Å². The standard InChI is InChI=1S/C20H30N4O4S/c1-29(27,28)24-13-5-6-17(15-24)18-8-7-16(14-22-18)20(26)21-10-9-19(25)23-11-3-2-4-12-23/h7-8,14,17H,2-6,9-13,15H2,1H3,(H,21,26)/t17-/m0/s1. The fourth-order valence-electron chi connectivity index (χ4n) is 3.95. The van der Waals surface area contributed by atoms with Crippen molar-refractivity contribution in [3.05, 3.63) is 29.6 Å². The summed E-state index contributed by atoms with van der Waals surface area (Å²) in [6.07, 6.45) is 8.02. The van der Waals surface area contributed by atoms with Gasteiger partial charge < -0.3 is 10.2 Å². The van der Waals surface area contributed by atoms with E-state index in [1.807, 2.05) is 4.90 Å². The van der Waals surface area contributed by atoms with Crippen molar-refractivity contribution in [2.24, 2.45) is 0 Å². The van der Waals surface area contributed by atoms with E-state index in [4.69, 9.17) is 0 Å². The summed E-state index contributed by atoms with van der Waals surface area (Å²) in [7, 11) is -3.20. The molecular weight excluding hydrogens is 392 g/mol. The number of amides is 2. The number of rotatable bonds is 6. The molecule has 1 aromatic rings. The van der Waals surface area contributed by atoms with Crippen LogP contribution >= 0.6 is 0 Å². The first-order chi connectivity index (χ1) is 13.8. The highest BCUT2D eigenvalue weighted by molar-refractivity contribution is 7.88. The Bertz CT molecular complexity index is 819. The number of aromatic nitrogens is 1. The van der Waals surface area contributed by atoms with E-state index in [0.29, 0.717) is 31.6 Å². The lowest BCUT2D eigenvalue weighted by molar-refractivity contribution is -0.131. The molecule has 2 amide bonds. The highest BCUT2D eigenvalue weighted by Gasteiger charge is 2.27. The second-order valence-electron chi connectivity index (χ2n) is 7.88. The van der Waals surface area contributed by atoms with Gasteiger partial charge in [0.05, 0.1) is 11.8 Å². The number of carbonyl (C=O) groups excluding carboxylic acids is 2. The first kappa shape index (κ1) is 21.7. The Labute approximate surface area is 172 Å². The van der Waals surface area contributed by atoms with E-state index in [0.717, 1.165) is 44.5 Å². The highest BCUT2D eigenvalue weighted by atomic mass is 32.2. The molecule has 2 aliphatic heterocycles. The number of nitrogens with zero attached hydrogens (tertiary/aromatic N) is 3. The Morgan fingerprint density at radius 2 is 1.90 bits per heavy atom. The minimum Gasteiger partial charge on any atom is -0.351 e. The smallest absolute Gasteiger partial charge is 0.252 e.